The van der Waals surface area contributed by atoms with E-state index >= 15 is 0 Å². The molecule has 0 bridgehead atoms. The Balaban J connectivity index is 3.14. The molecule has 1 aromatic rings. The molecule has 0 N–H and O–H groups in total. The predicted octanol–water partition coefficient (Wildman–Crippen LogP) is 4.08. The van der Waals surface area contributed by atoms with Crippen molar-refractivity contribution in [3.05, 3.63) is 35.1 Å². The number of rotatable bonds is 5. The minimum atomic E-state index is -6.82. The van der Waals surface area contributed by atoms with Gasteiger partial charge in [0, 0.05) is 12.1 Å². The molecular weight excluding hydrogens is 366 g/mol. The van der Waals surface area contributed by atoms with Gasteiger partial charge in [-0.05, 0) is 0 Å². The Morgan fingerprint density at radius 1 is 0.833 bits per heavy atom. The first-order valence-corrected chi connectivity index (χ1v) is 5.66. The first-order valence-electron chi connectivity index (χ1n) is 5.66. The summed E-state index contributed by atoms with van der Waals surface area (Å²) in [4.78, 5) is 22.3. The summed E-state index contributed by atoms with van der Waals surface area (Å²) in [5.74, 6) is -24.0. The molecular formula is C12H4F10O2. The maximum absolute atomic E-state index is 13.2. The van der Waals surface area contributed by atoms with Crippen molar-refractivity contribution < 1.29 is 53.5 Å². The van der Waals surface area contributed by atoms with Gasteiger partial charge in [-0.25, -0.2) is 13.2 Å². The first kappa shape index (κ1) is 19.9. The molecule has 0 aromatic heterocycles. The highest BCUT2D eigenvalue weighted by atomic mass is 19.4. The number of Topliss-reactive ketones (excluding diaryl/α,β-unsaturated/α-hetero) is 2. The molecule has 0 aliphatic rings. The second-order valence-electron chi connectivity index (χ2n) is 4.41. The Morgan fingerprint density at radius 3 is 1.62 bits per heavy atom. The molecule has 0 amide bonds. The predicted molar refractivity (Wildman–Crippen MR) is 56.2 cm³/mol. The zero-order valence-corrected chi connectivity index (χ0v) is 11.0. The van der Waals surface area contributed by atoms with Gasteiger partial charge in [0.2, 0.25) is 5.78 Å². The highest BCUT2D eigenvalue weighted by Crippen LogP contribution is 2.47. The lowest BCUT2D eigenvalue weighted by molar-refractivity contribution is -0.343. The van der Waals surface area contributed by atoms with Gasteiger partial charge in [0.15, 0.2) is 5.78 Å². The van der Waals surface area contributed by atoms with Crippen LogP contribution in [0.5, 0.6) is 0 Å². The molecule has 1 aromatic carbocycles. The average Bonchev–Trinajstić information content (AvgIpc) is 2.35. The molecule has 0 aliphatic carbocycles. The Hall–Kier alpha value is -2.14. The van der Waals surface area contributed by atoms with E-state index in [1.807, 2.05) is 0 Å². The lowest BCUT2D eigenvalue weighted by atomic mass is 9.98. The van der Waals surface area contributed by atoms with E-state index < -0.39 is 59.0 Å². The zero-order valence-electron chi connectivity index (χ0n) is 11.0. The summed E-state index contributed by atoms with van der Waals surface area (Å²) >= 11 is 0. The minimum Gasteiger partial charge on any atom is -0.293 e. The number of hydrogen-bond donors (Lipinski definition) is 0. The third kappa shape index (κ3) is 3.36. The number of benzene rings is 1. The molecule has 0 unspecified atom stereocenters. The largest absolute Gasteiger partial charge is 0.460 e. The lowest BCUT2D eigenvalue weighted by Crippen LogP contribution is -2.56. The van der Waals surface area contributed by atoms with Crippen LogP contribution in [0.4, 0.5) is 43.9 Å². The van der Waals surface area contributed by atoms with Crippen LogP contribution < -0.4 is 0 Å². The van der Waals surface area contributed by atoms with Crippen LogP contribution in [0.15, 0.2) is 12.1 Å². The number of alkyl halides is 7. The number of carbonyl (C=O) groups excluding carboxylic acids is 2. The third-order valence-electron chi connectivity index (χ3n) is 2.71. The van der Waals surface area contributed by atoms with E-state index in [1.165, 1.54) is 0 Å². The second kappa shape index (κ2) is 6.06. The van der Waals surface area contributed by atoms with E-state index in [4.69, 9.17) is 0 Å². The van der Waals surface area contributed by atoms with Crippen molar-refractivity contribution in [2.24, 2.45) is 0 Å². The van der Waals surface area contributed by atoms with Crippen LogP contribution in [0.2, 0.25) is 0 Å². The van der Waals surface area contributed by atoms with Gasteiger partial charge in [-0.15, -0.1) is 0 Å². The molecule has 2 nitrogen and oxygen atoms in total. The van der Waals surface area contributed by atoms with Gasteiger partial charge in [0.1, 0.15) is 17.5 Å². The lowest BCUT2D eigenvalue weighted by Gasteiger charge is -2.26. The van der Waals surface area contributed by atoms with Gasteiger partial charge in [0.05, 0.1) is 12.0 Å². The van der Waals surface area contributed by atoms with E-state index in [0.29, 0.717) is 0 Å². The molecule has 134 valence electrons. The number of hydrogen-bond acceptors (Lipinski definition) is 2. The van der Waals surface area contributed by atoms with Crippen LogP contribution in [0.25, 0.3) is 0 Å². The number of ketones is 2. The van der Waals surface area contributed by atoms with E-state index in [0.717, 1.165) is 0 Å². The third-order valence-corrected chi connectivity index (χ3v) is 2.71. The standard InChI is InChI=1S/C12H4F10O2/c13-4-1-5(14)9(6(15)2-4)7(23)3-8(24)10(16,17)11(18,19)12(20,21)22/h1-2H,3H2. The summed E-state index contributed by atoms with van der Waals surface area (Å²) in [5, 5.41) is 0. The molecule has 0 atom stereocenters. The first-order chi connectivity index (χ1) is 10.6. The van der Waals surface area contributed by atoms with Gasteiger partial charge in [-0.3, -0.25) is 9.59 Å². The molecule has 0 saturated carbocycles. The van der Waals surface area contributed by atoms with Crippen molar-refractivity contribution in [1.82, 2.24) is 0 Å². The molecule has 0 aliphatic heterocycles. The Bertz CT molecular complexity index is 654. The van der Waals surface area contributed by atoms with E-state index in [9.17, 15) is 53.5 Å². The van der Waals surface area contributed by atoms with Crippen molar-refractivity contribution in [3.63, 3.8) is 0 Å². The quantitative estimate of drug-likeness (QED) is 0.445. The van der Waals surface area contributed by atoms with E-state index in [-0.39, 0.29) is 12.1 Å². The molecule has 0 heterocycles. The van der Waals surface area contributed by atoms with Crippen molar-refractivity contribution in [2.75, 3.05) is 0 Å². The minimum absolute atomic E-state index is 0.0801. The highest BCUT2D eigenvalue weighted by molar-refractivity contribution is 6.10. The van der Waals surface area contributed by atoms with Gasteiger partial charge >= 0.3 is 18.0 Å². The van der Waals surface area contributed by atoms with Crippen LogP contribution in [0.1, 0.15) is 16.8 Å². The fourth-order valence-corrected chi connectivity index (χ4v) is 1.51. The van der Waals surface area contributed by atoms with Crippen LogP contribution in [-0.2, 0) is 4.79 Å². The molecule has 0 spiro atoms. The monoisotopic (exact) mass is 370 g/mol. The molecule has 24 heavy (non-hydrogen) atoms. The maximum atomic E-state index is 13.2. The molecule has 12 heteroatoms. The Kier molecular flexibility index (Phi) is 5.02. The second-order valence-corrected chi connectivity index (χ2v) is 4.41. The highest BCUT2D eigenvalue weighted by Gasteiger charge is 2.75. The fourth-order valence-electron chi connectivity index (χ4n) is 1.51. The van der Waals surface area contributed by atoms with Gasteiger partial charge < -0.3 is 0 Å². The Morgan fingerprint density at radius 2 is 1.25 bits per heavy atom. The van der Waals surface area contributed by atoms with Crippen molar-refractivity contribution in [3.8, 4) is 0 Å². The topological polar surface area (TPSA) is 34.1 Å². The number of halogens is 10. The van der Waals surface area contributed by atoms with Crippen molar-refractivity contribution >= 4 is 11.6 Å². The fraction of sp³-hybridized carbons (Fsp3) is 0.333. The van der Waals surface area contributed by atoms with Crippen molar-refractivity contribution in [2.45, 2.75) is 24.4 Å². The summed E-state index contributed by atoms with van der Waals surface area (Å²) in [5.41, 5.74) is -1.73. The summed E-state index contributed by atoms with van der Waals surface area (Å²) in [7, 11) is 0. The average molecular weight is 370 g/mol. The van der Waals surface area contributed by atoms with Gasteiger partial charge in [0.25, 0.3) is 0 Å². The maximum Gasteiger partial charge on any atom is 0.460 e. The number of carbonyl (C=O) groups is 2. The molecule has 0 fully saturated rings. The molecule has 0 radical (unpaired) electrons. The van der Waals surface area contributed by atoms with Crippen LogP contribution in [0, 0.1) is 17.5 Å². The summed E-state index contributed by atoms with van der Waals surface area (Å²) in [6, 6.07) is -0.160. The van der Waals surface area contributed by atoms with Gasteiger partial charge in [-0.1, -0.05) is 0 Å². The Labute approximate surface area is 126 Å². The summed E-state index contributed by atoms with van der Waals surface area (Å²) in [6.45, 7) is 0. The van der Waals surface area contributed by atoms with E-state index in [2.05, 4.69) is 0 Å². The van der Waals surface area contributed by atoms with Crippen LogP contribution in [-0.4, -0.2) is 29.6 Å². The van der Waals surface area contributed by atoms with Crippen molar-refractivity contribution in [1.29, 1.82) is 0 Å². The normalized spacial score (nSPS) is 13.1. The summed E-state index contributed by atoms with van der Waals surface area (Å²) < 4.78 is 126. The molecule has 1 rings (SSSR count). The van der Waals surface area contributed by atoms with Crippen LogP contribution >= 0.6 is 0 Å². The smallest absolute Gasteiger partial charge is 0.293 e. The summed E-state index contributed by atoms with van der Waals surface area (Å²) in [6.07, 6.45) is -9.18. The zero-order chi connectivity index (χ0) is 19.1. The molecule has 0 saturated heterocycles. The van der Waals surface area contributed by atoms with Gasteiger partial charge in [-0.2, -0.15) is 30.7 Å². The van der Waals surface area contributed by atoms with E-state index in [1.54, 1.807) is 0 Å². The SMILES string of the molecule is O=C(CC(=O)C(F)(F)C(F)(F)C(F)(F)F)c1c(F)cc(F)cc1F. The van der Waals surface area contributed by atoms with Crippen LogP contribution in [0.3, 0.4) is 0 Å².